The van der Waals surface area contributed by atoms with Gasteiger partial charge in [-0.25, -0.2) is 0 Å². The molecule has 0 heterocycles. The molecule has 0 aromatic heterocycles. The third kappa shape index (κ3) is 2.96. The molecule has 0 aliphatic carbocycles. The van der Waals surface area contributed by atoms with E-state index in [2.05, 4.69) is 15.9 Å². The number of carbonyl (C=O) groups is 1. The van der Waals surface area contributed by atoms with Crippen LogP contribution in [0.2, 0.25) is 0 Å². The SMILES string of the molecule is CCN(C(=O)c1ccc(Br)cc1N)c1ccccc1. The van der Waals surface area contributed by atoms with Crippen molar-refractivity contribution in [1.29, 1.82) is 0 Å². The van der Waals surface area contributed by atoms with Crippen LogP contribution in [0.4, 0.5) is 11.4 Å². The van der Waals surface area contributed by atoms with Crippen LogP contribution in [0.25, 0.3) is 0 Å². The predicted octanol–water partition coefficient (Wildman–Crippen LogP) is 3.70. The number of carbonyl (C=O) groups excluding carboxylic acids is 1. The summed E-state index contributed by atoms with van der Waals surface area (Å²) in [5, 5.41) is 0. The van der Waals surface area contributed by atoms with E-state index < -0.39 is 0 Å². The molecule has 0 aliphatic rings. The Morgan fingerprint density at radius 1 is 1.21 bits per heavy atom. The maximum atomic E-state index is 12.5. The summed E-state index contributed by atoms with van der Waals surface area (Å²) in [4.78, 5) is 14.2. The molecule has 2 rings (SSSR count). The molecule has 0 spiro atoms. The molecule has 1 amide bonds. The fourth-order valence-corrected chi connectivity index (χ4v) is 2.30. The molecule has 0 bridgehead atoms. The minimum atomic E-state index is -0.0845. The summed E-state index contributed by atoms with van der Waals surface area (Å²) >= 11 is 3.34. The fourth-order valence-electron chi connectivity index (χ4n) is 1.93. The molecule has 98 valence electrons. The second kappa shape index (κ2) is 5.89. The van der Waals surface area contributed by atoms with Crippen LogP contribution in [-0.2, 0) is 0 Å². The Morgan fingerprint density at radius 2 is 1.89 bits per heavy atom. The van der Waals surface area contributed by atoms with Crippen LogP contribution in [0.1, 0.15) is 17.3 Å². The molecule has 0 fully saturated rings. The summed E-state index contributed by atoms with van der Waals surface area (Å²) in [6, 6.07) is 14.9. The summed E-state index contributed by atoms with van der Waals surface area (Å²) in [7, 11) is 0. The van der Waals surface area contributed by atoms with Crippen molar-refractivity contribution in [1.82, 2.24) is 0 Å². The van der Waals surface area contributed by atoms with Gasteiger partial charge in [-0.3, -0.25) is 4.79 Å². The Labute approximate surface area is 121 Å². The molecule has 2 aromatic rings. The second-order valence-corrected chi connectivity index (χ2v) is 5.03. The van der Waals surface area contributed by atoms with Gasteiger partial charge in [0.2, 0.25) is 0 Å². The Balaban J connectivity index is 2.36. The van der Waals surface area contributed by atoms with E-state index >= 15 is 0 Å². The van der Waals surface area contributed by atoms with Crippen LogP contribution < -0.4 is 10.6 Å². The first-order chi connectivity index (χ1) is 9.13. The number of halogens is 1. The predicted molar refractivity (Wildman–Crippen MR) is 82.3 cm³/mol. The van der Waals surface area contributed by atoms with E-state index in [1.807, 2.05) is 43.3 Å². The number of nitrogens with zero attached hydrogens (tertiary/aromatic N) is 1. The van der Waals surface area contributed by atoms with E-state index in [1.165, 1.54) is 0 Å². The molecule has 2 aromatic carbocycles. The summed E-state index contributed by atoms with van der Waals surface area (Å²) in [6.45, 7) is 2.54. The smallest absolute Gasteiger partial charge is 0.260 e. The average molecular weight is 319 g/mol. The fraction of sp³-hybridized carbons (Fsp3) is 0.133. The number of amides is 1. The maximum absolute atomic E-state index is 12.5. The molecule has 3 nitrogen and oxygen atoms in total. The number of nitrogens with two attached hydrogens (primary N) is 1. The van der Waals surface area contributed by atoms with Gasteiger partial charge in [-0.15, -0.1) is 0 Å². The Bertz CT molecular complexity index is 584. The summed E-state index contributed by atoms with van der Waals surface area (Å²) in [5.41, 5.74) is 7.79. The van der Waals surface area contributed by atoms with Gasteiger partial charge in [0.1, 0.15) is 0 Å². The average Bonchev–Trinajstić information content (AvgIpc) is 2.40. The molecule has 0 aliphatic heterocycles. The monoisotopic (exact) mass is 318 g/mol. The van der Waals surface area contributed by atoms with Crippen LogP contribution in [0.5, 0.6) is 0 Å². The first-order valence-electron chi connectivity index (χ1n) is 6.05. The normalized spacial score (nSPS) is 10.2. The van der Waals surface area contributed by atoms with Gasteiger partial charge in [-0.1, -0.05) is 34.1 Å². The zero-order valence-corrected chi connectivity index (χ0v) is 12.2. The van der Waals surface area contributed by atoms with Crippen LogP contribution >= 0.6 is 15.9 Å². The zero-order chi connectivity index (χ0) is 13.8. The van der Waals surface area contributed by atoms with E-state index in [4.69, 9.17) is 5.73 Å². The van der Waals surface area contributed by atoms with Gasteiger partial charge in [-0.2, -0.15) is 0 Å². The number of anilines is 2. The quantitative estimate of drug-likeness (QED) is 0.877. The van der Waals surface area contributed by atoms with Crippen LogP contribution in [0, 0.1) is 0 Å². The highest BCUT2D eigenvalue weighted by Gasteiger charge is 2.18. The maximum Gasteiger partial charge on any atom is 0.260 e. The molecular formula is C15H15BrN2O. The van der Waals surface area contributed by atoms with Gasteiger partial charge in [-0.05, 0) is 37.3 Å². The van der Waals surface area contributed by atoms with Crippen molar-refractivity contribution in [3.05, 3.63) is 58.6 Å². The minimum Gasteiger partial charge on any atom is -0.398 e. The van der Waals surface area contributed by atoms with Crippen LogP contribution in [0.15, 0.2) is 53.0 Å². The second-order valence-electron chi connectivity index (χ2n) is 4.12. The van der Waals surface area contributed by atoms with E-state index in [0.29, 0.717) is 17.8 Å². The molecular weight excluding hydrogens is 304 g/mol. The van der Waals surface area contributed by atoms with Crippen LogP contribution in [-0.4, -0.2) is 12.5 Å². The summed E-state index contributed by atoms with van der Waals surface area (Å²) in [6.07, 6.45) is 0. The number of rotatable bonds is 3. The standard InChI is InChI=1S/C15H15BrN2O/c1-2-18(12-6-4-3-5-7-12)15(19)13-9-8-11(16)10-14(13)17/h3-10H,2,17H2,1H3. The van der Waals surface area contributed by atoms with Crippen molar-refractivity contribution in [3.63, 3.8) is 0 Å². The first kappa shape index (κ1) is 13.6. The lowest BCUT2D eigenvalue weighted by Gasteiger charge is -2.21. The number of benzene rings is 2. The largest absolute Gasteiger partial charge is 0.398 e. The highest BCUT2D eigenvalue weighted by molar-refractivity contribution is 9.10. The third-order valence-electron chi connectivity index (χ3n) is 2.87. The van der Waals surface area contributed by atoms with Crippen molar-refractivity contribution < 1.29 is 4.79 Å². The molecule has 0 radical (unpaired) electrons. The molecule has 0 atom stereocenters. The molecule has 19 heavy (non-hydrogen) atoms. The van der Waals surface area contributed by atoms with E-state index in [0.717, 1.165) is 10.2 Å². The molecule has 0 saturated heterocycles. The van der Waals surface area contributed by atoms with E-state index in [-0.39, 0.29) is 5.91 Å². The lowest BCUT2D eigenvalue weighted by Crippen LogP contribution is -2.31. The van der Waals surface area contributed by atoms with Crippen molar-refractivity contribution in [2.24, 2.45) is 0 Å². The van der Waals surface area contributed by atoms with Gasteiger partial charge >= 0.3 is 0 Å². The Kier molecular flexibility index (Phi) is 4.22. The van der Waals surface area contributed by atoms with Gasteiger partial charge in [0.15, 0.2) is 0 Å². The molecule has 0 unspecified atom stereocenters. The highest BCUT2D eigenvalue weighted by atomic mass is 79.9. The van der Waals surface area contributed by atoms with Gasteiger partial charge < -0.3 is 10.6 Å². The lowest BCUT2D eigenvalue weighted by atomic mass is 10.1. The Hall–Kier alpha value is -1.81. The zero-order valence-electron chi connectivity index (χ0n) is 10.6. The summed E-state index contributed by atoms with van der Waals surface area (Å²) < 4.78 is 0.865. The van der Waals surface area contributed by atoms with Crippen molar-refractivity contribution >= 4 is 33.2 Å². The van der Waals surface area contributed by atoms with Crippen molar-refractivity contribution in [3.8, 4) is 0 Å². The number of para-hydroxylation sites is 1. The summed E-state index contributed by atoms with van der Waals surface area (Å²) in [5.74, 6) is -0.0845. The van der Waals surface area contributed by atoms with E-state index in [9.17, 15) is 4.79 Å². The van der Waals surface area contributed by atoms with Crippen molar-refractivity contribution in [2.45, 2.75) is 6.92 Å². The van der Waals surface area contributed by atoms with Crippen LogP contribution in [0.3, 0.4) is 0 Å². The van der Waals surface area contributed by atoms with Crippen molar-refractivity contribution in [2.75, 3.05) is 17.2 Å². The van der Waals surface area contributed by atoms with Gasteiger partial charge in [0.25, 0.3) is 5.91 Å². The lowest BCUT2D eigenvalue weighted by molar-refractivity contribution is 0.0989. The third-order valence-corrected chi connectivity index (χ3v) is 3.37. The first-order valence-corrected chi connectivity index (χ1v) is 6.84. The Morgan fingerprint density at radius 3 is 2.47 bits per heavy atom. The number of hydrogen-bond donors (Lipinski definition) is 1. The topological polar surface area (TPSA) is 46.3 Å². The van der Waals surface area contributed by atoms with E-state index in [1.54, 1.807) is 17.0 Å². The number of hydrogen-bond acceptors (Lipinski definition) is 2. The minimum absolute atomic E-state index is 0.0845. The molecule has 2 N–H and O–H groups in total. The van der Waals surface area contributed by atoms with Gasteiger partial charge in [0, 0.05) is 22.4 Å². The number of nitrogen functional groups attached to an aromatic ring is 1. The van der Waals surface area contributed by atoms with Gasteiger partial charge in [0.05, 0.1) is 5.56 Å². The molecule has 4 heteroatoms. The highest BCUT2D eigenvalue weighted by Crippen LogP contribution is 2.22. The molecule has 0 saturated carbocycles.